The molecule has 0 radical (unpaired) electrons. The van der Waals surface area contributed by atoms with Crippen LogP contribution < -0.4 is 10.6 Å². The summed E-state index contributed by atoms with van der Waals surface area (Å²) >= 11 is 11.3. The van der Waals surface area contributed by atoms with Gasteiger partial charge in [-0.3, -0.25) is 19.7 Å². The van der Waals surface area contributed by atoms with E-state index in [0.717, 1.165) is 5.56 Å². The van der Waals surface area contributed by atoms with Gasteiger partial charge < -0.3 is 15.0 Å². The molecule has 2 amide bonds. The third kappa shape index (κ3) is 6.50. The molecule has 1 saturated heterocycles. The number of hydrogen-bond donors (Lipinski definition) is 2. The van der Waals surface area contributed by atoms with Crippen LogP contribution in [0.1, 0.15) is 22.3 Å². The van der Waals surface area contributed by atoms with E-state index in [9.17, 15) is 14.4 Å². The molecule has 0 saturated carbocycles. The molecule has 2 aromatic carbocycles. The number of thiocarbonyl (C=S) groups is 1. The zero-order valence-corrected chi connectivity index (χ0v) is 18.2. The first kappa shape index (κ1) is 22.7. The number of benzene rings is 2. The van der Waals surface area contributed by atoms with Gasteiger partial charge in [-0.05, 0) is 36.0 Å². The van der Waals surface area contributed by atoms with Crippen LogP contribution in [0.25, 0.3) is 0 Å². The average molecular weight is 460 g/mol. The summed E-state index contributed by atoms with van der Waals surface area (Å²) in [4.78, 5) is 38.7. The summed E-state index contributed by atoms with van der Waals surface area (Å²) in [7, 11) is 0. The van der Waals surface area contributed by atoms with Crippen LogP contribution >= 0.6 is 23.8 Å². The van der Waals surface area contributed by atoms with Gasteiger partial charge in [0.05, 0.1) is 13.0 Å². The van der Waals surface area contributed by atoms with Gasteiger partial charge in [0.1, 0.15) is 6.04 Å². The molecule has 1 unspecified atom stereocenters. The maximum absolute atomic E-state index is 12.5. The van der Waals surface area contributed by atoms with E-state index in [1.165, 1.54) is 11.0 Å². The number of halogens is 1. The summed E-state index contributed by atoms with van der Waals surface area (Å²) in [6.07, 6.45) is 0.412. The summed E-state index contributed by atoms with van der Waals surface area (Å²) in [6, 6.07) is 15.2. The quantitative estimate of drug-likeness (QED) is 0.509. The van der Waals surface area contributed by atoms with Crippen molar-refractivity contribution in [2.24, 2.45) is 0 Å². The highest BCUT2D eigenvalue weighted by Crippen LogP contribution is 2.13. The highest BCUT2D eigenvalue weighted by Gasteiger charge is 2.34. The van der Waals surface area contributed by atoms with Crippen molar-refractivity contribution in [3.63, 3.8) is 0 Å². The predicted molar refractivity (Wildman–Crippen MR) is 121 cm³/mol. The topological polar surface area (TPSA) is 87.7 Å². The van der Waals surface area contributed by atoms with Crippen molar-refractivity contribution < 1.29 is 19.1 Å². The van der Waals surface area contributed by atoms with Crippen LogP contribution in [-0.2, 0) is 20.7 Å². The van der Waals surface area contributed by atoms with Gasteiger partial charge in [-0.1, -0.05) is 48.0 Å². The van der Waals surface area contributed by atoms with Crippen molar-refractivity contribution in [3.8, 4) is 0 Å². The van der Waals surface area contributed by atoms with E-state index < -0.39 is 17.9 Å². The second-order valence-corrected chi connectivity index (χ2v) is 7.75. The van der Waals surface area contributed by atoms with Gasteiger partial charge in [0.25, 0.3) is 5.91 Å². The Morgan fingerprint density at radius 3 is 2.71 bits per heavy atom. The van der Waals surface area contributed by atoms with Crippen molar-refractivity contribution in [2.75, 3.05) is 19.7 Å². The van der Waals surface area contributed by atoms with Crippen LogP contribution in [-0.4, -0.2) is 53.5 Å². The number of rotatable bonds is 6. The SMILES string of the molecule is O=C(CC1C(=O)NCCN1C(=S)NC(=O)c1cccc(Cl)c1)OCCc1ccccc1. The lowest BCUT2D eigenvalue weighted by molar-refractivity contribution is -0.147. The Balaban J connectivity index is 1.57. The number of nitrogens with zero attached hydrogens (tertiary/aromatic N) is 1. The van der Waals surface area contributed by atoms with Crippen molar-refractivity contribution in [3.05, 3.63) is 70.7 Å². The van der Waals surface area contributed by atoms with Crippen LogP contribution in [0, 0.1) is 0 Å². The van der Waals surface area contributed by atoms with Crippen LogP contribution in [0.4, 0.5) is 0 Å². The van der Waals surface area contributed by atoms with Crippen molar-refractivity contribution in [1.29, 1.82) is 0 Å². The highest BCUT2D eigenvalue weighted by atomic mass is 35.5. The minimum absolute atomic E-state index is 0.0712. The fraction of sp³-hybridized carbons (Fsp3) is 0.273. The number of ether oxygens (including phenoxy) is 1. The van der Waals surface area contributed by atoms with Crippen LogP contribution in [0.2, 0.25) is 5.02 Å². The van der Waals surface area contributed by atoms with E-state index in [1.807, 2.05) is 30.3 Å². The zero-order valence-electron chi connectivity index (χ0n) is 16.7. The predicted octanol–water partition coefficient (Wildman–Crippen LogP) is 2.33. The normalized spacial score (nSPS) is 15.7. The average Bonchev–Trinajstić information content (AvgIpc) is 2.76. The number of esters is 1. The minimum atomic E-state index is -0.856. The van der Waals surface area contributed by atoms with E-state index in [0.29, 0.717) is 30.1 Å². The van der Waals surface area contributed by atoms with Gasteiger partial charge in [-0.15, -0.1) is 0 Å². The van der Waals surface area contributed by atoms with Crippen molar-refractivity contribution in [2.45, 2.75) is 18.9 Å². The molecule has 0 aliphatic carbocycles. The summed E-state index contributed by atoms with van der Waals surface area (Å²) in [5.41, 5.74) is 1.39. The van der Waals surface area contributed by atoms with E-state index in [4.69, 9.17) is 28.6 Å². The second kappa shape index (κ2) is 10.9. The van der Waals surface area contributed by atoms with Gasteiger partial charge in [-0.2, -0.15) is 0 Å². The van der Waals surface area contributed by atoms with Gasteiger partial charge in [0, 0.05) is 30.1 Å². The molecule has 7 nitrogen and oxygen atoms in total. The largest absolute Gasteiger partial charge is 0.465 e. The summed E-state index contributed by atoms with van der Waals surface area (Å²) < 4.78 is 5.30. The molecular formula is C22H22ClN3O4S. The number of nitrogens with one attached hydrogen (secondary N) is 2. The molecule has 162 valence electrons. The van der Waals surface area contributed by atoms with Gasteiger partial charge in [0.15, 0.2) is 5.11 Å². The smallest absolute Gasteiger partial charge is 0.308 e. The minimum Gasteiger partial charge on any atom is -0.465 e. The van der Waals surface area contributed by atoms with Crippen LogP contribution in [0.3, 0.4) is 0 Å². The molecule has 2 N–H and O–H groups in total. The molecule has 1 aliphatic rings. The molecule has 2 aromatic rings. The molecule has 1 atom stereocenters. The Hall–Kier alpha value is -2.97. The molecule has 1 heterocycles. The molecule has 0 bridgehead atoms. The van der Waals surface area contributed by atoms with E-state index in [1.54, 1.807) is 18.2 Å². The van der Waals surface area contributed by atoms with E-state index in [-0.39, 0.29) is 24.0 Å². The first-order valence-electron chi connectivity index (χ1n) is 9.79. The summed E-state index contributed by atoms with van der Waals surface area (Å²) in [5, 5.41) is 5.82. The third-order valence-electron chi connectivity index (χ3n) is 4.76. The molecule has 1 fully saturated rings. The number of amides is 2. The monoisotopic (exact) mass is 459 g/mol. The first-order valence-corrected chi connectivity index (χ1v) is 10.6. The standard InChI is InChI=1S/C22H22ClN3O4S/c23-17-8-4-7-16(13-17)20(28)25-22(31)26-11-10-24-21(29)18(26)14-19(27)30-12-9-15-5-2-1-3-6-15/h1-8,13,18H,9-12,14H2,(H,24,29)(H,25,28,31). The third-order valence-corrected chi connectivity index (χ3v) is 5.33. The molecule has 1 aliphatic heterocycles. The lowest BCUT2D eigenvalue weighted by Gasteiger charge is -2.36. The fourth-order valence-corrected chi connectivity index (χ4v) is 3.68. The molecule has 0 aromatic heterocycles. The molecule has 3 rings (SSSR count). The number of hydrogen-bond acceptors (Lipinski definition) is 5. The zero-order chi connectivity index (χ0) is 22.2. The Labute approximate surface area is 190 Å². The molecular weight excluding hydrogens is 438 g/mol. The number of piperazine rings is 1. The number of carbonyl (C=O) groups excluding carboxylic acids is 3. The maximum atomic E-state index is 12.5. The lowest BCUT2D eigenvalue weighted by Crippen LogP contribution is -2.60. The van der Waals surface area contributed by atoms with Crippen molar-refractivity contribution in [1.82, 2.24) is 15.5 Å². The Kier molecular flexibility index (Phi) is 7.97. The second-order valence-electron chi connectivity index (χ2n) is 6.93. The number of carbonyl (C=O) groups is 3. The van der Waals surface area contributed by atoms with E-state index >= 15 is 0 Å². The summed E-state index contributed by atoms with van der Waals surface area (Å²) in [5.74, 6) is -1.29. The van der Waals surface area contributed by atoms with Gasteiger partial charge in [0.2, 0.25) is 5.91 Å². The fourth-order valence-electron chi connectivity index (χ4n) is 3.18. The maximum Gasteiger partial charge on any atom is 0.308 e. The Morgan fingerprint density at radius 2 is 1.97 bits per heavy atom. The van der Waals surface area contributed by atoms with Gasteiger partial charge >= 0.3 is 5.97 Å². The summed E-state index contributed by atoms with van der Waals surface area (Å²) in [6.45, 7) is 0.932. The molecule has 9 heteroatoms. The van der Waals surface area contributed by atoms with Crippen LogP contribution in [0.5, 0.6) is 0 Å². The Morgan fingerprint density at radius 1 is 1.19 bits per heavy atom. The molecule has 31 heavy (non-hydrogen) atoms. The lowest BCUT2D eigenvalue weighted by atomic mass is 10.1. The van der Waals surface area contributed by atoms with Gasteiger partial charge in [-0.25, -0.2) is 0 Å². The Bertz CT molecular complexity index is 970. The highest BCUT2D eigenvalue weighted by molar-refractivity contribution is 7.80. The molecule has 0 spiro atoms. The van der Waals surface area contributed by atoms with E-state index in [2.05, 4.69) is 10.6 Å². The van der Waals surface area contributed by atoms with Crippen molar-refractivity contribution >= 4 is 46.7 Å². The van der Waals surface area contributed by atoms with Crippen LogP contribution in [0.15, 0.2) is 54.6 Å². The first-order chi connectivity index (χ1) is 14.9.